The van der Waals surface area contributed by atoms with Crippen molar-refractivity contribution in [1.82, 2.24) is 14.9 Å². The van der Waals surface area contributed by atoms with E-state index in [4.69, 9.17) is 9.84 Å². The van der Waals surface area contributed by atoms with E-state index in [2.05, 4.69) is 69.5 Å². The lowest BCUT2D eigenvalue weighted by atomic mass is 9.84. The molecule has 0 saturated carbocycles. The quantitative estimate of drug-likeness (QED) is 0.517. The Balaban J connectivity index is 1.20. The first-order chi connectivity index (χ1) is 16.8. The number of aromatic nitrogens is 1. The number of para-hydroxylation sites is 1. The number of likely N-dealkylation sites (tertiary alicyclic amines) is 1. The first-order valence-corrected chi connectivity index (χ1v) is 12.7. The number of fused-ring (bicyclic) bond motifs is 5. The molecule has 5 heteroatoms. The predicted molar refractivity (Wildman–Crippen MR) is 133 cm³/mol. The molecule has 172 valence electrons. The maximum atomic E-state index is 6.84. The van der Waals surface area contributed by atoms with Crippen molar-refractivity contribution in [2.24, 2.45) is 5.10 Å². The Morgan fingerprint density at radius 3 is 2.56 bits per heavy atom. The molecule has 34 heavy (non-hydrogen) atoms. The van der Waals surface area contributed by atoms with E-state index in [1.165, 1.54) is 36.0 Å². The Labute approximate surface area is 201 Å². The number of nitrogens with zero attached hydrogens (tertiary/aromatic N) is 4. The van der Waals surface area contributed by atoms with Gasteiger partial charge in [0.25, 0.3) is 0 Å². The maximum absolute atomic E-state index is 6.84. The van der Waals surface area contributed by atoms with Crippen molar-refractivity contribution < 1.29 is 4.74 Å². The van der Waals surface area contributed by atoms with Gasteiger partial charge in [-0.05, 0) is 42.5 Å². The number of ether oxygens (including phenoxy) is 1. The summed E-state index contributed by atoms with van der Waals surface area (Å²) >= 11 is 0. The van der Waals surface area contributed by atoms with E-state index in [-0.39, 0.29) is 11.8 Å². The molecule has 4 heterocycles. The number of rotatable bonds is 2. The van der Waals surface area contributed by atoms with Gasteiger partial charge >= 0.3 is 0 Å². The largest absolute Gasteiger partial charge is 0.466 e. The number of piperidine rings is 1. The molecule has 1 fully saturated rings. The van der Waals surface area contributed by atoms with Crippen LogP contribution in [0.2, 0.25) is 0 Å². The number of aryl methyl sites for hydroxylation is 1. The van der Waals surface area contributed by atoms with Crippen LogP contribution in [0.1, 0.15) is 66.4 Å². The summed E-state index contributed by atoms with van der Waals surface area (Å²) in [6.45, 7) is 2.06. The first kappa shape index (κ1) is 20.2. The van der Waals surface area contributed by atoms with E-state index < -0.39 is 0 Å². The van der Waals surface area contributed by atoms with Gasteiger partial charge in [-0.15, -0.1) is 0 Å². The summed E-state index contributed by atoms with van der Waals surface area (Å²) in [4.78, 5) is 7.04. The predicted octanol–water partition coefficient (Wildman–Crippen LogP) is 5.49. The second-order valence-electron chi connectivity index (χ2n) is 10.1. The highest BCUT2D eigenvalue weighted by Crippen LogP contribution is 2.50. The highest BCUT2D eigenvalue weighted by atomic mass is 16.5. The first-order valence-electron chi connectivity index (χ1n) is 12.7. The second-order valence-corrected chi connectivity index (χ2v) is 10.1. The summed E-state index contributed by atoms with van der Waals surface area (Å²) in [6.07, 6.45) is 10.3. The van der Waals surface area contributed by atoms with Gasteiger partial charge in [-0.25, -0.2) is 5.01 Å². The number of pyridine rings is 1. The van der Waals surface area contributed by atoms with Crippen molar-refractivity contribution in [3.8, 4) is 5.75 Å². The molecule has 0 amide bonds. The molecule has 1 spiro atoms. The molecule has 1 aromatic heterocycles. The Hall–Kier alpha value is -3.18. The van der Waals surface area contributed by atoms with E-state index in [9.17, 15) is 0 Å². The van der Waals surface area contributed by atoms with Gasteiger partial charge in [0.05, 0.1) is 11.8 Å². The van der Waals surface area contributed by atoms with Crippen molar-refractivity contribution in [3.63, 3.8) is 0 Å². The third-order valence-corrected chi connectivity index (χ3v) is 8.26. The van der Waals surface area contributed by atoms with Crippen LogP contribution < -0.4 is 4.74 Å². The van der Waals surface area contributed by atoms with E-state index in [1.54, 1.807) is 0 Å². The number of hydrazone groups is 1. The van der Waals surface area contributed by atoms with Crippen molar-refractivity contribution in [3.05, 3.63) is 95.3 Å². The standard InChI is InChI=1S/C29H30N4O/c1-2-10-23-21(7-1)8-5-12-26(23)32-17-14-29(15-18-32)33-27(24-11-3-4-13-28(24)34-29)19-25(31-33)22-9-6-16-30-20-22/h1-4,6-7,9-11,13,16,20,26-27H,5,8,12,14-15,17-19H2/t26-,27+/m1/s1. The summed E-state index contributed by atoms with van der Waals surface area (Å²) < 4.78 is 6.84. The summed E-state index contributed by atoms with van der Waals surface area (Å²) in [7, 11) is 0. The lowest BCUT2D eigenvalue weighted by Crippen LogP contribution is -2.59. The van der Waals surface area contributed by atoms with Crippen LogP contribution in [0.5, 0.6) is 5.75 Å². The van der Waals surface area contributed by atoms with Gasteiger partial charge in [-0.2, -0.15) is 5.10 Å². The second kappa shape index (κ2) is 7.95. The van der Waals surface area contributed by atoms with E-state index >= 15 is 0 Å². The van der Waals surface area contributed by atoms with Gasteiger partial charge in [0.15, 0.2) is 0 Å². The Kier molecular flexibility index (Phi) is 4.73. The molecular formula is C29H30N4O. The van der Waals surface area contributed by atoms with Crippen molar-refractivity contribution in [1.29, 1.82) is 0 Å². The highest BCUT2D eigenvalue weighted by molar-refractivity contribution is 6.01. The molecule has 4 aliphatic rings. The molecule has 3 aliphatic heterocycles. The van der Waals surface area contributed by atoms with Crippen LogP contribution in [0.25, 0.3) is 0 Å². The molecule has 5 nitrogen and oxygen atoms in total. The summed E-state index contributed by atoms with van der Waals surface area (Å²) in [5.41, 5.74) is 6.16. The van der Waals surface area contributed by atoms with Gasteiger partial charge < -0.3 is 4.74 Å². The fourth-order valence-corrected chi connectivity index (χ4v) is 6.56. The lowest BCUT2D eigenvalue weighted by molar-refractivity contribution is -0.153. The molecule has 1 saturated heterocycles. The zero-order valence-electron chi connectivity index (χ0n) is 19.4. The van der Waals surface area contributed by atoms with E-state index in [0.717, 1.165) is 49.4 Å². The van der Waals surface area contributed by atoms with E-state index in [1.807, 2.05) is 18.5 Å². The Morgan fingerprint density at radius 1 is 0.882 bits per heavy atom. The third kappa shape index (κ3) is 3.17. The summed E-state index contributed by atoms with van der Waals surface area (Å²) in [6, 6.07) is 22.5. The SMILES string of the molecule is c1cncc(C2=NN3[C@@H](C2)c2ccccc2OC32CCN([C@@H]3CCCc4ccccc43)CC2)c1. The fourth-order valence-electron chi connectivity index (χ4n) is 6.56. The minimum Gasteiger partial charge on any atom is -0.466 e. The summed E-state index contributed by atoms with van der Waals surface area (Å²) in [5.74, 6) is 1.03. The maximum Gasteiger partial charge on any atom is 0.200 e. The monoisotopic (exact) mass is 450 g/mol. The zero-order chi connectivity index (χ0) is 22.5. The van der Waals surface area contributed by atoms with Crippen LogP contribution >= 0.6 is 0 Å². The van der Waals surface area contributed by atoms with Crippen LogP contribution in [0.4, 0.5) is 0 Å². The van der Waals surface area contributed by atoms with Gasteiger partial charge in [0, 0.05) is 61.9 Å². The number of benzene rings is 2. The van der Waals surface area contributed by atoms with Crippen molar-refractivity contribution >= 4 is 5.71 Å². The zero-order valence-corrected chi connectivity index (χ0v) is 19.4. The molecular weight excluding hydrogens is 420 g/mol. The topological polar surface area (TPSA) is 41.0 Å². The Morgan fingerprint density at radius 2 is 1.71 bits per heavy atom. The third-order valence-electron chi connectivity index (χ3n) is 8.26. The molecule has 2 aromatic carbocycles. The average Bonchev–Trinajstić information content (AvgIpc) is 3.37. The van der Waals surface area contributed by atoms with Gasteiger partial charge in [0.2, 0.25) is 5.72 Å². The molecule has 1 aliphatic carbocycles. The number of hydrogen-bond donors (Lipinski definition) is 0. The van der Waals surface area contributed by atoms with Crippen LogP contribution in [-0.2, 0) is 6.42 Å². The lowest BCUT2D eigenvalue weighted by Gasteiger charge is -2.52. The van der Waals surface area contributed by atoms with Gasteiger partial charge in [-0.1, -0.05) is 48.5 Å². The number of hydrogen-bond acceptors (Lipinski definition) is 5. The van der Waals surface area contributed by atoms with Crippen molar-refractivity contribution in [2.45, 2.75) is 56.3 Å². The fraction of sp³-hybridized carbons (Fsp3) is 0.379. The normalized spacial score (nSPS) is 25.2. The van der Waals surface area contributed by atoms with Crippen LogP contribution in [0.15, 0.2) is 78.2 Å². The van der Waals surface area contributed by atoms with Crippen LogP contribution in [-0.4, -0.2) is 39.4 Å². The minimum atomic E-state index is -0.381. The average molecular weight is 451 g/mol. The molecule has 2 atom stereocenters. The van der Waals surface area contributed by atoms with Gasteiger partial charge in [0.1, 0.15) is 5.75 Å². The smallest absolute Gasteiger partial charge is 0.200 e. The van der Waals surface area contributed by atoms with Crippen LogP contribution in [0, 0.1) is 0 Å². The van der Waals surface area contributed by atoms with Gasteiger partial charge in [-0.3, -0.25) is 9.88 Å². The molecule has 0 radical (unpaired) electrons. The molecule has 0 unspecified atom stereocenters. The minimum absolute atomic E-state index is 0.224. The Bertz CT molecular complexity index is 1230. The summed E-state index contributed by atoms with van der Waals surface area (Å²) in [5, 5.41) is 7.51. The highest BCUT2D eigenvalue weighted by Gasteiger charge is 2.52. The molecule has 0 N–H and O–H groups in total. The molecule has 7 rings (SSSR count). The van der Waals surface area contributed by atoms with Crippen molar-refractivity contribution in [2.75, 3.05) is 13.1 Å². The van der Waals surface area contributed by atoms with E-state index in [0.29, 0.717) is 6.04 Å². The van der Waals surface area contributed by atoms with Crippen LogP contribution in [0.3, 0.4) is 0 Å². The molecule has 0 bridgehead atoms. The molecule has 3 aromatic rings.